The summed E-state index contributed by atoms with van der Waals surface area (Å²) in [5.41, 5.74) is -1.47. The summed E-state index contributed by atoms with van der Waals surface area (Å²) in [4.78, 5) is 44.2. The molecule has 2 aromatic rings. The smallest absolute Gasteiger partial charge is 0.339 e. The molecule has 0 radical (unpaired) electrons. The number of hydrogen-bond donors (Lipinski definition) is 1. The Balaban J connectivity index is 2.41. The zero-order valence-corrected chi connectivity index (χ0v) is 12.8. The first-order chi connectivity index (χ1) is 11.8. The molecule has 1 N–H and O–H groups in total. The number of nitrogens with one attached hydrogen (secondary N) is 1. The minimum atomic E-state index is -0.895. The van der Waals surface area contributed by atoms with Gasteiger partial charge >= 0.3 is 5.97 Å². The van der Waals surface area contributed by atoms with Crippen LogP contribution < -0.4 is 5.32 Å². The van der Waals surface area contributed by atoms with E-state index in [-0.39, 0.29) is 16.8 Å². The van der Waals surface area contributed by atoms with Crippen molar-refractivity contribution in [3.8, 4) is 0 Å². The molecule has 0 aliphatic rings. The van der Waals surface area contributed by atoms with Crippen LogP contribution in [0.1, 0.15) is 20.7 Å². The number of esters is 1. The van der Waals surface area contributed by atoms with Crippen molar-refractivity contribution in [3.63, 3.8) is 0 Å². The number of nitro benzene ring substituents is 2. The first kappa shape index (κ1) is 17.5. The van der Waals surface area contributed by atoms with Crippen LogP contribution in [0.25, 0.3) is 0 Å². The molecule has 0 bridgehead atoms. The summed E-state index contributed by atoms with van der Waals surface area (Å²) in [7, 11) is 1.17. The van der Waals surface area contributed by atoms with E-state index >= 15 is 0 Å². The molecule has 25 heavy (non-hydrogen) atoms. The highest BCUT2D eigenvalue weighted by atomic mass is 16.6. The van der Waals surface area contributed by atoms with E-state index in [4.69, 9.17) is 0 Å². The number of methoxy groups -OCH3 is 1. The lowest BCUT2D eigenvalue weighted by Gasteiger charge is -2.09. The van der Waals surface area contributed by atoms with Crippen molar-refractivity contribution in [3.05, 3.63) is 73.8 Å². The number of ether oxygens (including phenoxy) is 1. The van der Waals surface area contributed by atoms with Gasteiger partial charge in [-0.1, -0.05) is 12.1 Å². The molecule has 1 amide bonds. The normalized spacial score (nSPS) is 9.96. The first-order valence-corrected chi connectivity index (χ1v) is 6.76. The summed E-state index contributed by atoms with van der Waals surface area (Å²) < 4.78 is 4.59. The van der Waals surface area contributed by atoms with Gasteiger partial charge in [-0.05, 0) is 18.2 Å². The topological polar surface area (TPSA) is 142 Å². The molecule has 0 saturated carbocycles. The molecule has 2 rings (SSSR count). The fraction of sp³-hybridized carbons (Fsp3) is 0.0667. The van der Waals surface area contributed by atoms with Gasteiger partial charge in [0.2, 0.25) is 0 Å². The zero-order chi connectivity index (χ0) is 18.6. The van der Waals surface area contributed by atoms with E-state index in [1.807, 2.05) is 0 Å². The third-order valence-electron chi connectivity index (χ3n) is 3.21. The number of nitro groups is 2. The van der Waals surface area contributed by atoms with Crippen molar-refractivity contribution in [2.24, 2.45) is 0 Å². The second-order valence-electron chi connectivity index (χ2n) is 4.71. The fourth-order valence-corrected chi connectivity index (χ4v) is 2.05. The van der Waals surface area contributed by atoms with Crippen LogP contribution in [0.5, 0.6) is 0 Å². The number of rotatable bonds is 5. The number of amides is 1. The molecule has 0 unspecified atom stereocenters. The van der Waals surface area contributed by atoms with Crippen molar-refractivity contribution in [1.29, 1.82) is 0 Å². The van der Waals surface area contributed by atoms with Crippen LogP contribution in [0.4, 0.5) is 17.1 Å². The lowest BCUT2D eigenvalue weighted by atomic mass is 10.1. The van der Waals surface area contributed by atoms with Gasteiger partial charge in [-0.25, -0.2) is 4.79 Å². The Morgan fingerprint density at radius 2 is 1.68 bits per heavy atom. The Bertz CT molecular complexity index is 879. The van der Waals surface area contributed by atoms with E-state index in [1.54, 1.807) is 12.1 Å². The Morgan fingerprint density at radius 1 is 1.00 bits per heavy atom. The number of anilines is 1. The summed E-state index contributed by atoms with van der Waals surface area (Å²) in [5, 5.41) is 24.2. The fourth-order valence-electron chi connectivity index (χ4n) is 2.05. The number of hydrogen-bond acceptors (Lipinski definition) is 7. The molecule has 2 aromatic carbocycles. The standard InChI is InChI=1S/C15H11N3O7/c1-25-15(20)10-4-2-3-5-12(10)16-14(19)11-7-6-9(17(21)22)8-13(11)18(23)24/h2-8H,1H3,(H,16,19). The van der Waals surface area contributed by atoms with E-state index in [0.29, 0.717) is 6.07 Å². The van der Waals surface area contributed by atoms with Gasteiger partial charge in [0, 0.05) is 6.07 Å². The van der Waals surface area contributed by atoms with Gasteiger partial charge in [0.25, 0.3) is 17.3 Å². The molecule has 0 aliphatic heterocycles. The number of carbonyl (C=O) groups excluding carboxylic acids is 2. The third-order valence-corrected chi connectivity index (χ3v) is 3.21. The van der Waals surface area contributed by atoms with Gasteiger partial charge in [0.15, 0.2) is 0 Å². The molecule has 128 valence electrons. The van der Waals surface area contributed by atoms with Crippen LogP contribution >= 0.6 is 0 Å². The van der Waals surface area contributed by atoms with Gasteiger partial charge in [-0.2, -0.15) is 0 Å². The molecule has 0 aliphatic carbocycles. The summed E-state index contributed by atoms with van der Waals surface area (Å²) >= 11 is 0. The second-order valence-corrected chi connectivity index (χ2v) is 4.71. The molecule has 0 atom stereocenters. The SMILES string of the molecule is COC(=O)c1ccccc1NC(=O)c1ccc([N+](=O)[O-])cc1[N+](=O)[O-]. The Labute approximate surface area is 140 Å². The maximum Gasteiger partial charge on any atom is 0.339 e. The van der Waals surface area contributed by atoms with Crippen molar-refractivity contribution in [2.75, 3.05) is 12.4 Å². The monoisotopic (exact) mass is 345 g/mol. The molecule has 0 aromatic heterocycles. The first-order valence-electron chi connectivity index (χ1n) is 6.76. The minimum Gasteiger partial charge on any atom is -0.465 e. The molecule has 0 heterocycles. The van der Waals surface area contributed by atoms with E-state index in [1.165, 1.54) is 19.2 Å². The average molecular weight is 345 g/mol. The predicted octanol–water partition coefficient (Wildman–Crippen LogP) is 2.54. The number of nitrogens with zero attached hydrogens (tertiary/aromatic N) is 2. The van der Waals surface area contributed by atoms with E-state index in [2.05, 4.69) is 10.1 Å². The van der Waals surface area contributed by atoms with Gasteiger partial charge < -0.3 is 10.1 Å². The quantitative estimate of drug-likeness (QED) is 0.498. The van der Waals surface area contributed by atoms with E-state index in [9.17, 15) is 29.8 Å². The van der Waals surface area contributed by atoms with Crippen LogP contribution in [0.2, 0.25) is 0 Å². The number of non-ortho nitro benzene ring substituents is 1. The highest BCUT2D eigenvalue weighted by molar-refractivity contribution is 6.10. The highest BCUT2D eigenvalue weighted by Gasteiger charge is 2.25. The van der Waals surface area contributed by atoms with Crippen molar-refractivity contribution >= 4 is 28.9 Å². The molecule has 10 heteroatoms. The van der Waals surface area contributed by atoms with Gasteiger partial charge in [0.05, 0.1) is 34.3 Å². The molecular formula is C15H11N3O7. The Hall–Kier alpha value is -3.82. The summed E-state index contributed by atoms with van der Waals surface area (Å²) in [6.07, 6.45) is 0. The number of benzene rings is 2. The Morgan fingerprint density at radius 3 is 2.28 bits per heavy atom. The van der Waals surface area contributed by atoms with Gasteiger partial charge in [-0.15, -0.1) is 0 Å². The number of para-hydroxylation sites is 1. The second kappa shape index (κ2) is 7.17. The van der Waals surface area contributed by atoms with Crippen LogP contribution in [0.3, 0.4) is 0 Å². The van der Waals surface area contributed by atoms with Gasteiger partial charge in [0.1, 0.15) is 5.56 Å². The predicted molar refractivity (Wildman–Crippen MR) is 85.5 cm³/mol. The molecule has 0 fully saturated rings. The zero-order valence-electron chi connectivity index (χ0n) is 12.8. The van der Waals surface area contributed by atoms with Gasteiger partial charge in [-0.3, -0.25) is 25.0 Å². The highest BCUT2D eigenvalue weighted by Crippen LogP contribution is 2.26. The maximum absolute atomic E-state index is 12.3. The molecule has 0 spiro atoms. The van der Waals surface area contributed by atoms with E-state index < -0.39 is 33.1 Å². The van der Waals surface area contributed by atoms with Crippen LogP contribution in [0, 0.1) is 20.2 Å². The summed E-state index contributed by atoms with van der Waals surface area (Å²) in [5.74, 6) is -1.59. The van der Waals surface area contributed by atoms with Crippen LogP contribution in [-0.2, 0) is 4.74 Å². The minimum absolute atomic E-state index is 0.0583. The average Bonchev–Trinajstić information content (AvgIpc) is 2.60. The summed E-state index contributed by atoms with van der Waals surface area (Å²) in [6, 6.07) is 8.58. The van der Waals surface area contributed by atoms with Crippen LogP contribution in [-0.4, -0.2) is 28.8 Å². The molecule has 0 saturated heterocycles. The molecule has 10 nitrogen and oxygen atoms in total. The van der Waals surface area contributed by atoms with E-state index in [0.717, 1.165) is 12.1 Å². The summed E-state index contributed by atoms with van der Waals surface area (Å²) in [6.45, 7) is 0. The third kappa shape index (κ3) is 3.75. The Kier molecular flexibility index (Phi) is 5.03. The number of carbonyl (C=O) groups is 2. The van der Waals surface area contributed by atoms with Crippen molar-refractivity contribution in [1.82, 2.24) is 0 Å². The molecular weight excluding hydrogens is 334 g/mol. The maximum atomic E-state index is 12.3. The lowest BCUT2D eigenvalue weighted by molar-refractivity contribution is -0.394. The lowest BCUT2D eigenvalue weighted by Crippen LogP contribution is -2.16. The van der Waals surface area contributed by atoms with Crippen molar-refractivity contribution < 1.29 is 24.2 Å². The largest absolute Gasteiger partial charge is 0.465 e. The van der Waals surface area contributed by atoms with Crippen LogP contribution in [0.15, 0.2) is 42.5 Å². The van der Waals surface area contributed by atoms with Crippen molar-refractivity contribution in [2.45, 2.75) is 0 Å².